The first-order valence-electron chi connectivity index (χ1n) is 2.66. The van der Waals surface area contributed by atoms with E-state index in [4.69, 9.17) is 10.4 Å². The van der Waals surface area contributed by atoms with Crippen molar-refractivity contribution in [2.45, 2.75) is 0 Å². The molecule has 0 aliphatic heterocycles. The van der Waals surface area contributed by atoms with Crippen LogP contribution in [0.3, 0.4) is 0 Å². The molecule has 0 unspecified atom stereocenters. The fourth-order valence-electron chi connectivity index (χ4n) is 0.285. The van der Waals surface area contributed by atoms with Gasteiger partial charge in [-0.1, -0.05) is 4.47 Å². The van der Waals surface area contributed by atoms with Crippen LogP contribution < -0.4 is 0 Å². The largest absolute Gasteiger partial charge is 0.463 e. The first-order chi connectivity index (χ1) is 6.78. The van der Waals surface area contributed by atoms with Gasteiger partial charge in [0.05, 0.1) is 0 Å². The van der Waals surface area contributed by atoms with Gasteiger partial charge in [-0.25, -0.2) is 4.79 Å². The molecule has 84 valence electrons. The van der Waals surface area contributed by atoms with E-state index in [9.17, 15) is 23.3 Å². The molecule has 0 saturated carbocycles. The SMILES string of the molecule is N#COS(=O)(=O)SN(O[N+](=O)[O-])C(=O)O. The topological polar surface area (TPSA) is 160 Å². The molecule has 0 aromatic rings. The Morgan fingerprint density at radius 3 is 2.53 bits per heavy atom. The second kappa shape index (κ2) is 5.07. The van der Waals surface area contributed by atoms with Crippen molar-refractivity contribution in [2.24, 2.45) is 0 Å². The highest BCUT2D eigenvalue weighted by atomic mass is 33.2. The summed E-state index contributed by atoms with van der Waals surface area (Å²) in [6.45, 7) is 0. The van der Waals surface area contributed by atoms with E-state index >= 15 is 0 Å². The molecule has 1 N–H and O–H groups in total. The van der Waals surface area contributed by atoms with Crippen LogP contribution >= 0.6 is 11.0 Å². The van der Waals surface area contributed by atoms with Gasteiger partial charge in [-0.15, -0.1) is 15.4 Å². The Hall–Kier alpha value is -1.94. The van der Waals surface area contributed by atoms with Gasteiger partial charge in [0, 0.05) is 0 Å². The Labute approximate surface area is 85.5 Å². The molecule has 0 aromatic heterocycles. The zero-order valence-electron chi connectivity index (χ0n) is 6.46. The van der Waals surface area contributed by atoms with E-state index in [1.807, 2.05) is 0 Å². The summed E-state index contributed by atoms with van der Waals surface area (Å²) in [7, 11) is -5.34. The molecule has 11 nitrogen and oxygen atoms in total. The van der Waals surface area contributed by atoms with Gasteiger partial charge < -0.3 is 5.11 Å². The summed E-state index contributed by atoms with van der Waals surface area (Å²) in [4.78, 5) is 23.3. The smallest absolute Gasteiger partial charge is 0.443 e. The van der Waals surface area contributed by atoms with Crippen molar-refractivity contribution < 1.29 is 32.5 Å². The third kappa shape index (κ3) is 5.38. The number of hydrogen-bond donors (Lipinski definition) is 1. The molecule has 0 aromatic carbocycles. The third-order valence-corrected chi connectivity index (χ3v) is 2.57. The van der Waals surface area contributed by atoms with Crippen molar-refractivity contribution in [1.29, 1.82) is 5.26 Å². The van der Waals surface area contributed by atoms with Gasteiger partial charge in [0.2, 0.25) is 0 Å². The average Bonchev–Trinajstić information content (AvgIpc) is 2.00. The number of rotatable bonds is 5. The lowest BCUT2D eigenvalue weighted by Gasteiger charge is -2.10. The lowest BCUT2D eigenvalue weighted by atomic mass is 11.3. The van der Waals surface area contributed by atoms with Crippen LogP contribution in [0.25, 0.3) is 0 Å². The zero-order valence-corrected chi connectivity index (χ0v) is 8.10. The number of nitrogens with zero attached hydrogens (tertiary/aromatic N) is 3. The summed E-state index contributed by atoms with van der Waals surface area (Å²) in [6.07, 6.45) is -1.32. The van der Waals surface area contributed by atoms with Crippen LogP contribution in [0.2, 0.25) is 0 Å². The Balaban J connectivity index is 4.64. The van der Waals surface area contributed by atoms with Gasteiger partial charge >= 0.3 is 26.6 Å². The van der Waals surface area contributed by atoms with Gasteiger partial charge in [0.25, 0.3) is 0 Å². The lowest BCUT2D eigenvalue weighted by molar-refractivity contribution is -0.792. The highest BCUT2D eigenvalue weighted by Crippen LogP contribution is 2.20. The predicted octanol–water partition coefficient (Wildman–Crippen LogP) is -0.520. The molecule has 1 amide bonds. The van der Waals surface area contributed by atoms with Crippen LogP contribution in [0, 0.1) is 21.6 Å². The molecule has 0 fully saturated rings. The maximum atomic E-state index is 10.6. The molecular formula is C2HN3O8S2. The predicted molar refractivity (Wildman–Crippen MR) is 41.2 cm³/mol. The lowest BCUT2D eigenvalue weighted by Crippen LogP contribution is -2.27. The summed E-state index contributed by atoms with van der Waals surface area (Å²) in [5, 5.41) is 24.2. The van der Waals surface area contributed by atoms with Crippen LogP contribution in [0.4, 0.5) is 4.79 Å². The normalized spacial score (nSPS) is 9.80. The number of carbonyl (C=O) groups is 1. The molecule has 0 aliphatic rings. The number of carboxylic acid groups (broad SMARTS) is 1. The number of hydroxylamine groups is 1. The third-order valence-electron chi connectivity index (χ3n) is 0.595. The summed E-state index contributed by atoms with van der Waals surface area (Å²) < 4.78 is 24.1. The Kier molecular flexibility index (Phi) is 4.41. The van der Waals surface area contributed by atoms with Gasteiger partial charge in [0.15, 0.2) is 11.0 Å². The maximum absolute atomic E-state index is 10.6. The van der Waals surface area contributed by atoms with Crippen molar-refractivity contribution in [2.75, 3.05) is 0 Å². The molecule has 0 heterocycles. The average molecular weight is 259 g/mol. The molecule has 13 heteroatoms. The van der Waals surface area contributed by atoms with E-state index in [0.29, 0.717) is 0 Å². The number of hydrogen-bond acceptors (Lipinski definition) is 9. The molecule has 0 radical (unpaired) electrons. The van der Waals surface area contributed by atoms with Gasteiger partial charge in [-0.2, -0.15) is 13.4 Å². The number of nitriles is 1. The highest BCUT2D eigenvalue weighted by Gasteiger charge is 2.27. The van der Waals surface area contributed by atoms with E-state index in [0.717, 1.165) is 6.26 Å². The monoisotopic (exact) mass is 259 g/mol. The molecular weight excluding hydrogens is 258 g/mol. The fraction of sp³-hybridized carbons (Fsp3) is 0. The van der Waals surface area contributed by atoms with E-state index < -0.39 is 35.8 Å². The minimum atomic E-state index is -4.65. The van der Waals surface area contributed by atoms with E-state index in [2.05, 4.69) is 9.12 Å². The van der Waals surface area contributed by atoms with Crippen LogP contribution in [-0.4, -0.2) is 29.2 Å². The molecule has 0 atom stereocenters. The standard InChI is InChI=1S/C2HN3O8S2/c3-1-12-15(10,11)14-4(2(6)7)13-5(8)9/h(H,6,7). The van der Waals surface area contributed by atoms with Crippen molar-refractivity contribution in [3.05, 3.63) is 10.1 Å². The number of amides is 1. The quantitative estimate of drug-likeness (QED) is 0.223. The molecule has 0 spiro atoms. The maximum Gasteiger partial charge on any atom is 0.443 e. The van der Waals surface area contributed by atoms with E-state index in [1.165, 1.54) is 0 Å². The van der Waals surface area contributed by atoms with Crippen molar-refractivity contribution in [3.63, 3.8) is 0 Å². The molecule has 0 aliphatic carbocycles. The van der Waals surface area contributed by atoms with E-state index in [1.54, 1.807) is 0 Å². The molecule has 0 rings (SSSR count). The Bertz CT molecular complexity index is 395. The van der Waals surface area contributed by atoms with Crippen molar-refractivity contribution in [3.8, 4) is 6.26 Å². The van der Waals surface area contributed by atoms with Crippen LogP contribution in [0.1, 0.15) is 0 Å². The summed E-state index contributed by atoms with van der Waals surface area (Å²) in [6, 6.07) is 0. The van der Waals surface area contributed by atoms with Crippen molar-refractivity contribution >= 4 is 26.2 Å². The molecule has 15 heavy (non-hydrogen) atoms. The second-order valence-corrected chi connectivity index (χ2v) is 4.64. The van der Waals surface area contributed by atoms with Crippen LogP contribution in [0.15, 0.2) is 0 Å². The first kappa shape index (κ1) is 13.1. The Morgan fingerprint density at radius 2 is 2.20 bits per heavy atom. The van der Waals surface area contributed by atoms with Gasteiger partial charge in [-0.3, -0.25) is 4.18 Å². The minimum absolute atomic E-state index is 0.604. The van der Waals surface area contributed by atoms with Crippen molar-refractivity contribution in [1.82, 2.24) is 4.47 Å². The summed E-state index contributed by atoms with van der Waals surface area (Å²) >= 11 is 0. The first-order valence-corrected chi connectivity index (χ1v) is 5.36. The molecule has 0 bridgehead atoms. The summed E-state index contributed by atoms with van der Waals surface area (Å²) in [5.74, 6) is 0. The molecule has 0 saturated heterocycles. The summed E-state index contributed by atoms with van der Waals surface area (Å²) in [5.41, 5.74) is 0. The van der Waals surface area contributed by atoms with Gasteiger partial charge in [0.1, 0.15) is 0 Å². The van der Waals surface area contributed by atoms with Crippen LogP contribution in [0.5, 0.6) is 0 Å². The highest BCUT2D eigenvalue weighted by molar-refractivity contribution is 8.69. The fourth-order valence-corrected chi connectivity index (χ4v) is 1.67. The van der Waals surface area contributed by atoms with Crippen LogP contribution in [-0.2, 0) is 18.3 Å². The zero-order chi connectivity index (χ0) is 12.1. The van der Waals surface area contributed by atoms with E-state index in [-0.39, 0.29) is 0 Å². The minimum Gasteiger partial charge on any atom is -0.463 e. The second-order valence-electron chi connectivity index (χ2n) is 1.50. The van der Waals surface area contributed by atoms with Gasteiger partial charge in [-0.05, 0) is 0 Å². The Morgan fingerprint density at radius 1 is 1.67 bits per heavy atom.